The third kappa shape index (κ3) is 3.28. The van der Waals surface area contributed by atoms with Gasteiger partial charge in [0.25, 0.3) is 0 Å². The molecule has 1 saturated heterocycles. The van der Waals surface area contributed by atoms with E-state index < -0.39 is 18.2 Å². The molecule has 3 rings (SSSR count). The standard InChI is InChI=1S/C20H22N2O4/c1-14(16-10-6-3-7-11-16)22-17(13-23)18(19(22)24)21(20(25)26)12-15-8-4-2-5-9-15/h2-11,14,17-18,23H,12-13H2,1H3,(H,25,26)/t14-,17-,18+/m1/s1. The van der Waals surface area contributed by atoms with Crippen molar-refractivity contribution in [1.29, 1.82) is 0 Å². The van der Waals surface area contributed by atoms with Gasteiger partial charge in [-0.1, -0.05) is 60.7 Å². The maximum atomic E-state index is 12.8. The number of carboxylic acid groups (broad SMARTS) is 1. The van der Waals surface area contributed by atoms with Crippen LogP contribution >= 0.6 is 0 Å². The highest BCUT2D eigenvalue weighted by Gasteiger charge is 2.53. The lowest BCUT2D eigenvalue weighted by Gasteiger charge is -2.52. The van der Waals surface area contributed by atoms with Gasteiger partial charge < -0.3 is 15.1 Å². The summed E-state index contributed by atoms with van der Waals surface area (Å²) in [5.41, 5.74) is 1.75. The lowest BCUT2D eigenvalue weighted by molar-refractivity contribution is -0.166. The second-order valence-electron chi connectivity index (χ2n) is 6.42. The molecular weight excluding hydrogens is 332 g/mol. The predicted molar refractivity (Wildman–Crippen MR) is 96.4 cm³/mol. The van der Waals surface area contributed by atoms with E-state index in [9.17, 15) is 19.8 Å². The Labute approximate surface area is 152 Å². The van der Waals surface area contributed by atoms with Crippen LogP contribution in [0.5, 0.6) is 0 Å². The summed E-state index contributed by atoms with van der Waals surface area (Å²) in [7, 11) is 0. The first-order valence-corrected chi connectivity index (χ1v) is 8.56. The van der Waals surface area contributed by atoms with E-state index in [4.69, 9.17) is 0 Å². The summed E-state index contributed by atoms with van der Waals surface area (Å²) in [5.74, 6) is -0.279. The van der Waals surface area contributed by atoms with E-state index in [2.05, 4.69) is 0 Å². The molecule has 0 aliphatic carbocycles. The van der Waals surface area contributed by atoms with Gasteiger partial charge in [-0.3, -0.25) is 9.69 Å². The number of carbonyl (C=O) groups excluding carboxylic acids is 1. The van der Waals surface area contributed by atoms with Crippen LogP contribution in [0.4, 0.5) is 4.79 Å². The van der Waals surface area contributed by atoms with Gasteiger partial charge in [0.15, 0.2) is 0 Å². The number of β-lactam (4-membered cyclic amide) rings is 1. The number of likely N-dealkylation sites (tertiary alicyclic amines) is 1. The zero-order chi connectivity index (χ0) is 18.7. The Hall–Kier alpha value is -2.86. The van der Waals surface area contributed by atoms with E-state index in [1.807, 2.05) is 67.6 Å². The van der Waals surface area contributed by atoms with E-state index in [1.54, 1.807) is 4.90 Å². The van der Waals surface area contributed by atoms with E-state index in [1.165, 1.54) is 0 Å². The molecule has 2 N–H and O–H groups in total. The average Bonchev–Trinajstić information content (AvgIpc) is 2.66. The molecule has 2 aromatic rings. The summed E-state index contributed by atoms with van der Waals surface area (Å²) in [5, 5.41) is 19.4. The molecule has 0 unspecified atom stereocenters. The van der Waals surface area contributed by atoms with Crippen LogP contribution in [0.25, 0.3) is 0 Å². The zero-order valence-corrected chi connectivity index (χ0v) is 14.5. The van der Waals surface area contributed by atoms with Crippen molar-refractivity contribution in [2.45, 2.75) is 31.6 Å². The van der Waals surface area contributed by atoms with Gasteiger partial charge in [0.1, 0.15) is 6.04 Å². The first-order chi connectivity index (χ1) is 12.5. The Morgan fingerprint density at radius 2 is 1.69 bits per heavy atom. The molecule has 6 heteroatoms. The first kappa shape index (κ1) is 17.9. The molecule has 1 aliphatic rings. The summed E-state index contributed by atoms with van der Waals surface area (Å²) < 4.78 is 0. The van der Waals surface area contributed by atoms with Crippen molar-refractivity contribution >= 4 is 12.0 Å². The number of amides is 2. The molecule has 2 aromatic carbocycles. The fraction of sp³-hybridized carbons (Fsp3) is 0.300. The Morgan fingerprint density at radius 3 is 2.23 bits per heavy atom. The van der Waals surface area contributed by atoms with Crippen molar-refractivity contribution in [2.75, 3.05) is 6.61 Å². The predicted octanol–water partition coefficient (Wildman–Crippen LogP) is 2.50. The molecule has 0 saturated carbocycles. The lowest BCUT2D eigenvalue weighted by atomic mass is 9.89. The minimum absolute atomic E-state index is 0.108. The van der Waals surface area contributed by atoms with Crippen LogP contribution in [-0.2, 0) is 11.3 Å². The van der Waals surface area contributed by atoms with Gasteiger partial charge in [0, 0.05) is 6.54 Å². The van der Waals surface area contributed by atoms with Crippen LogP contribution in [0.2, 0.25) is 0 Å². The Morgan fingerprint density at radius 1 is 1.12 bits per heavy atom. The molecule has 0 spiro atoms. The van der Waals surface area contributed by atoms with Crippen LogP contribution in [0, 0.1) is 0 Å². The van der Waals surface area contributed by atoms with Crippen molar-refractivity contribution in [1.82, 2.24) is 9.80 Å². The van der Waals surface area contributed by atoms with Gasteiger partial charge in [-0.25, -0.2) is 4.79 Å². The average molecular weight is 354 g/mol. The van der Waals surface area contributed by atoms with E-state index >= 15 is 0 Å². The molecule has 0 radical (unpaired) electrons. The van der Waals surface area contributed by atoms with Crippen LogP contribution in [0.3, 0.4) is 0 Å². The fourth-order valence-corrected chi connectivity index (χ4v) is 3.51. The van der Waals surface area contributed by atoms with Crippen LogP contribution in [0.15, 0.2) is 60.7 Å². The van der Waals surface area contributed by atoms with Gasteiger partial charge in [0.05, 0.1) is 18.7 Å². The Balaban J connectivity index is 1.81. The second kappa shape index (κ2) is 7.58. The molecule has 1 fully saturated rings. The van der Waals surface area contributed by atoms with Crippen LogP contribution in [-0.4, -0.2) is 50.7 Å². The quantitative estimate of drug-likeness (QED) is 0.781. The van der Waals surface area contributed by atoms with E-state index in [0.717, 1.165) is 16.0 Å². The monoisotopic (exact) mass is 354 g/mol. The normalized spacial score (nSPS) is 20.4. The highest BCUT2D eigenvalue weighted by Crippen LogP contribution is 2.34. The number of nitrogens with zero attached hydrogens (tertiary/aromatic N) is 2. The second-order valence-corrected chi connectivity index (χ2v) is 6.42. The Bertz CT molecular complexity index is 766. The van der Waals surface area contributed by atoms with Crippen molar-refractivity contribution in [3.8, 4) is 0 Å². The number of aliphatic hydroxyl groups is 1. The highest BCUT2D eigenvalue weighted by molar-refractivity contribution is 5.92. The topological polar surface area (TPSA) is 81.1 Å². The fourth-order valence-electron chi connectivity index (χ4n) is 3.51. The van der Waals surface area contributed by atoms with E-state index in [0.29, 0.717) is 0 Å². The zero-order valence-electron chi connectivity index (χ0n) is 14.5. The molecule has 0 aromatic heterocycles. The van der Waals surface area contributed by atoms with E-state index in [-0.39, 0.29) is 25.1 Å². The van der Waals surface area contributed by atoms with Crippen LogP contribution in [0.1, 0.15) is 24.1 Å². The molecule has 3 atom stereocenters. The highest BCUT2D eigenvalue weighted by atomic mass is 16.4. The number of carbonyl (C=O) groups is 2. The number of hydrogen-bond donors (Lipinski definition) is 2. The van der Waals surface area contributed by atoms with Crippen molar-refractivity contribution in [3.63, 3.8) is 0 Å². The molecular formula is C20H22N2O4. The smallest absolute Gasteiger partial charge is 0.408 e. The minimum Gasteiger partial charge on any atom is -0.465 e. The molecule has 26 heavy (non-hydrogen) atoms. The van der Waals surface area contributed by atoms with Gasteiger partial charge in [-0.15, -0.1) is 0 Å². The summed E-state index contributed by atoms with van der Waals surface area (Å²) in [6.07, 6.45) is -1.17. The Kier molecular flexibility index (Phi) is 5.23. The van der Waals surface area contributed by atoms with Gasteiger partial charge in [-0.2, -0.15) is 0 Å². The van der Waals surface area contributed by atoms with Crippen molar-refractivity contribution < 1.29 is 19.8 Å². The number of benzene rings is 2. The third-order valence-electron chi connectivity index (χ3n) is 4.89. The largest absolute Gasteiger partial charge is 0.465 e. The summed E-state index contributed by atoms with van der Waals surface area (Å²) in [6, 6.07) is 17.0. The summed E-state index contributed by atoms with van der Waals surface area (Å²) in [6.45, 7) is 1.71. The molecule has 2 amide bonds. The molecule has 1 heterocycles. The van der Waals surface area contributed by atoms with Gasteiger partial charge >= 0.3 is 6.09 Å². The van der Waals surface area contributed by atoms with Crippen LogP contribution < -0.4 is 0 Å². The van der Waals surface area contributed by atoms with Gasteiger partial charge in [-0.05, 0) is 18.1 Å². The number of hydrogen-bond acceptors (Lipinski definition) is 3. The van der Waals surface area contributed by atoms with Crippen molar-refractivity contribution in [2.24, 2.45) is 0 Å². The minimum atomic E-state index is -1.17. The SMILES string of the molecule is C[C@H](c1ccccc1)N1C(=O)[C@@H](N(Cc2ccccc2)C(=O)O)[C@H]1CO. The maximum Gasteiger partial charge on any atom is 0.408 e. The maximum absolute atomic E-state index is 12.8. The number of rotatable bonds is 6. The number of aliphatic hydroxyl groups excluding tert-OH is 1. The third-order valence-corrected chi connectivity index (χ3v) is 4.89. The lowest BCUT2D eigenvalue weighted by Crippen LogP contribution is -2.72. The first-order valence-electron chi connectivity index (χ1n) is 8.56. The summed E-state index contributed by atoms with van der Waals surface area (Å²) in [4.78, 5) is 27.2. The molecule has 136 valence electrons. The molecule has 1 aliphatic heterocycles. The summed E-state index contributed by atoms with van der Waals surface area (Å²) >= 11 is 0. The molecule has 6 nitrogen and oxygen atoms in total. The molecule has 0 bridgehead atoms. The van der Waals surface area contributed by atoms with Crippen molar-refractivity contribution in [3.05, 3.63) is 71.8 Å². The van der Waals surface area contributed by atoms with Gasteiger partial charge in [0.2, 0.25) is 5.91 Å².